The second-order valence-electron chi connectivity index (χ2n) is 6.30. The van der Waals surface area contributed by atoms with Crippen LogP contribution in [0.15, 0.2) is 0 Å². The molecule has 1 unspecified atom stereocenters. The minimum absolute atomic E-state index is 0.0676. The van der Waals surface area contributed by atoms with E-state index in [0.29, 0.717) is 11.3 Å². The van der Waals surface area contributed by atoms with E-state index < -0.39 is 0 Å². The van der Waals surface area contributed by atoms with Crippen LogP contribution in [0.4, 0.5) is 0 Å². The fourth-order valence-corrected chi connectivity index (χ4v) is 3.77. The standard InChI is InChI=1S/C15H29NO/c1-3-15(4-2)9-10-16(12-15)11-14(17)13-7-5-6-8-13/h13-14,17H,3-12H2,1-2H3. The van der Waals surface area contributed by atoms with Crippen LogP contribution < -0.4 is 0 Å². The Hall–Kier alpha value is -0.0800. The molecule has 0 aromatic heterocycles. The first kappa shape index (κ1) is 13.4. The van der Waals surface area contributed by atoms with Crippen LogP contribution in [0.1, 0.15) is 58.8 Å². The van der Waals surface area contributed by atoms with Gasteiger partial charge in [-0.1, -0.05) is 26.7 Å². The predicted octanol–water partition coefficient (Wildman–Crippen LogP) is 3.05. The number of nitrogens with zero attached hydrogens (tertiary/aromatic N) is 1. The summed E-state index contributed by atoms with van der Waals surface area (Å²) in [4.78, 5) is 2.51. The van der Waals surface area contributed by atoms with Gasteiger partial charge in [0, 0.05) is 13.1 Å². The van der Waals surface area contributed by atoms with Crippen molar-refractivity contribution in [2.45, 2.75) is 64.9 Å². The van der Waals surface area contributed by atoms with Gasteiger partial charge in [-0.05, 0) is 50.0 Å². The first-order chi connectivity index (χ1) is 8.19. The Bertz CT molecular complexity index is 231. The van der Waals surface area contributed by atoms with Gasteiger partial charge in [-0.2, -0.15) is 0 Å². The lowest BCUT2D eigenvalue weighted by Gasteiger charge is -2.28. The van der Waals surface area contributed by atoms with Gasteiger partial charge in [0.25, 0.3) is 0 Å². The molecule has 100 valence electrons. The van der Waals surface area contributed by atoms with Gasteiger partial charge in [0.15, 0.2) is 0 Å². The van der Waals surface area contributed by atoms with E-state index in [1.54, 1.807) is 0 Å². The minimum atomic E-state index is -0.0676. The van der Waals surface area contributed by atoms with Crippen molar-refractivity contribution in [2.24, 2.45) is 11.3 Å². The third-order valence-corrected chi connectivity index (χ3v) is 5.41. The predicted molar refractivity (Wildman–Crippen MR) is 72.0 cm³/mol. The monoisotopic (exact) mass is 239 g/mol. The van der Waals surface area contributed by atoms with Crippen molar-refractivity contribution in [1.82, 2.24) is 4.90 Å². The van der Waals surface area contributed by atoms with Crippen LogP contribution in [0.5, 0.6) is 0 Å². The molecule has 1 saturated carbocycles. The smallest absolute Gasteiger partial charge is 0.0695 e. The lowest BCUT2D eigenvalue weighted by molar-refractivity contribution is 0.0691. The molecule has 2 rings (SSSR count). The zero-order valence-electron chi connectivity index (χ0n) is 11.6. The molecule has 2 aliphatic rings. The maximum absolute atomic E-state index is 10.3. The van der Waals surface area contributed by atoms with Crippen molar-refractivity contribution in [1.29, 1.82) is 0 Å². The number of aliphatic hydroxyl groups excluding tert-OH is 1. The fourth-order valence-electron chi connectivity index (χ4n) is 3.77. The largest absolute Gasteiger partial charge is 0.392 e. The van der Waals surface area contributed by atoms with Crippen LogP contribution in [-0.4, -0.2) is 35.7 Å². The number of rotatable bonds is 5. The highest BCUT2D eigenvalue weighted by atomic mass is 16.3. The van der Waals surface area contributed by atoms with Gasteiger partial charge in [0.2, 0.25) is 0 Å². The third kappa shape index (κ3) is 3.03. The van der Waals surface area contributed by atoms with E-state index in [1.807, 2.05) is 0 Å². The summed E-state index contributed by atoms with van der Waals surface area (Å²) in [5.41, 5.74) is 0.551. The van der Waals surface area contributed by atoms with E-state index in [1.165, 1.54) is 58.0 Å². The Kier molecular flexibility index (Phi) is 4.48. The molecular formula is C15H29NO. The van der Waals surface area contributed by atoms with E-state index in [9.17, 15) is 5.11 Å². The molecular weight excluding hydrogens is 210 g/mol. The van der Waals surface area contributed by atoms with E-state index in [2.05, 4.69) is 18.7 Å². The average Bonchev–Trinajstić information content (AvgIpc) is 2.98. The first-order valence-corrected chi connectivity index (χ1v) is 7.59. The molecule has 0 bridgehead atoms. The molecule has 1 N–H and O–H groups in total. The van der Waals surface area contributed by atoms with Gasteiger partial charge in [-0.25, -0.2) is 0 Å². The SMILES string of the molecule is CCC1(CC)CCN(CC(O)C2CCCC2)C1. The minimum Gasteiger partial charge on any atom is -0.392 e. The first-order valence-electron chi connectivity index (χ1n) is 7.59. The van der Waals surface area contributed by atoms with Gasteiger partial charge >= 0.3 is 0 Å². The van der Waals surface area contributed by atoms with Crippen molar-refractivity contribution < 1.29 is 5.11 Å². The molecule has 0 aromatic rings. The summed E-state index contributed by atoms with van der Waals surface area (Å²) >= 11 is 0. The molecule has 0 aromatic carbocycles. The molecule has 1 aliphatic heterocycles. The maximum atomic E-state index is 10.3. The van der Waals surface area contributed by atoms with Crippen LogP contribution in [0.25, 0.3) is 0 Å². The highest BCUT2D eigenvalue weighted by Crippen LogP contribution is 2.37. The summed E-state index contributed by atoms with van der Waals surface area (Å²) in [5, 5.41) is 10.3. The Balaban J connectivity index is 1.80. The molecule has 1 saturated heterocycles. The molecule has 1 atom stereocenters. The molecule has 2 heteroatoms. The Morgan fingerprint density at radius 1 is 1.24 bits per heavy atom. The number of hydrogen-bond donors (Lipinski definition) is 1. The van der Waals surface area contributed by atoms with E-state index in [0.717, 1.165) is 6.54 Å². The summed E-state index contributed by atoms with van der Waals surface area (Å²) in [6, 6.07) is 0. The Morgan fingerprint density at radius 3 is 2.41 bits per heavy atom. The van der Waals surface area contributed by atoms with Crippen LogP contribution in [0.3, 0.4) is 0 Å². The summed E-state index contributed by atoms with van der Waals surface area (Å²) in [5.74, 6) is 0.591. The summed E-state index contributed by atoms with van der Waals surface area (Å²) < 4.78 is 0. The third-order valence-electron chi connectivity index (χ3n) is 5.41. The molecule has 2 fully saturated rings. The van der Waals surface area contributed by atoms with Gasteiger partial charge in [0.1, 0.15) is 0 Å². The second kappa shape index (κ2) is 5.71. The van der Waals surface area contributed by atoms with E-state index >= 15 is 0 Å². The topological polar surface area (TPSA) is 23.5 Å². The van der Waals surface area contributed by atoms with Crippen LogP contribution in [0.2, 0.25) is 0 Å². The molecule has 0 radical (unpaired) electrons. The van der Waals surface area contributed by atoms with Gasteiger partial charge in [-0.3, -0.25) is 0 Å². The molecule has 17 heavy (non-hydrogen) atoms. The van der Waals surface area contributed by atoms with Gasteiger partial charge in [0.05, 0.1) is 6.10 Å². The lowest BCUT2D eigenvalue weighted by Crippen LogP contribution is -2.36. The van der Waals surface area contributed by atoms with Crippen molar-refractivity contribution in [3.05, 3.63) is 0 Å². The van der Waals surface area contributed by atoms with Crippen LogP contribution in [-0.2, 0) is 0 Å². The summed E-state index contributed by atoms with van der Waals surface area (Å²) in [6.07, 6.45) is 9.01. The van der Waals surface area contributed by atoms with Gasteiger partial charge in [-0.15, -0.1) is 0 Å². The highest BCUT2D eigenvalue weighted by Gasteiger charge is 2.36. The summed E-state index contributed by atoms with van der Waals surface area (Å²) in [7, 11) is 0. The fraction of sp³-hybridized carbons (Fsp3) is 1.00. The number of likely N-dealkylation sites (tertiary alicyclic amines) is 1. The quantitative estimate of drug-likeness (QED) is 0.797. The Labute approximate surface area is 106 Å². The zero-order valence-corrected chi connectivity index (χ0v) is 11.6. The average molecular weight is 239 g/mol. The van der Waals surface area contributed by atoms with E-state index in [4.69, 9.17) is 0 Å². The van der Waals surface area contributed by atoms with Crippen LogP contribution in [0, 0.1) is 11.3 Å². The molecule has 0 spiro atoms. The second-order valence-corrected chi connectivity index (χ2v) is 6.30. The van der Waals surface area contributed by atoms with Crippen LogP contribution >= 0.6 is 0 Å². The molecule has 1 aliphatic carbocycles. The molecule has 1 heterocycles. The number of β-amino-alcohol motifs (C(OH)–C–C–N with tert-alkyl or cyclic N) is 1. The van der Waals surface area contributed by atoms with E-state index in [-0.39, 0.29) is 6.10 Å². The number of aliphatic hydroxyl groups is 1. The molecule has 2 nitrogen and oxygen atoms in total. The highest BCUT2D eigenvalue weighted by molar-refractivity contribution is 4.89. The van der Waals surface area contributed by atoms with Crippen molar-refractivity contribution in [3.63, 3.8) is 0 Å². The Morgan fingerprint density at radius 2 is 1.88 bits per heavy atom. The van der Waals surface area contributed by atoms with Gasteiger partial charge < -0.3 is 10.0 Å². The van der Waals surface area contributed by atoms with Crippen molar-refractivity contribution in [2.75, 3.05) is 19.6 Å². The normalized spacial score (nSPS) is 27.7. The maximum Gasteiger partial charge on any atom is 0.0695 e. The summed E-state index contributed by atoms with van der Waals surface area (Å²) in [6.45, 7) is 7.97. The zero-order chi connectivity index (χ0) is 12.3. The molecule has 0 amide bonds. The lowest BCUT2D eigenvalue weighted by atomic mass is 9.82. The number of hydrogen-bond acceptors (Lipinski definition) is 2. The van der Waals surface area contributed by atoms with Crippen molar-refractivity contribution in [3.8, 4) is 0 Å². The van der Waals surface area contributed by atoms with Crippen molar-refractivity contribution >= 4 is 0 Å².